The van der Waals surface area contributed by atoms with Gasteiger partial charge in [-0.2, -0.15) is 5.10 Å². The molecule has 0 aliphatic carbocycles. The number of hydrogen-bond acceptors (Lipinski definition) is 2. The van der Waals surface area contributed by atoms with E-state index >= 15 is 0 Å². The lowest BCUT2D eigenvalue weighted by Gasteiger charge is -2.05. The maximum Gasteiger partial charge on any atom is 0.0512 e. The number of rotatable bonds is 2. The smallest absolute Gasteiger partial charge is 0.0512 e. The van der Waals surface area contributed by atoms with Gasteiger partial charge in [-0.05, 0) is 12.5 Å². The average Bonchev–Trinajstić information content (AvgIpc) is 2.60. The Morgan fingerprint density at radius 2 is 2.64 bits per heavy atom. The second-order valence-electron chi connectivity index (χ2n) is 2.96. The third-order valence-electron chi connectivity index (χ3n) is 2.03. The van der Waals surface area contributed by atoms with Gasteiger partial charge in [-0.25, -0.2) is 0 Å². The maximum atomic E-state index is 5.26. The Balaban J connectivity index is 1.90. The molecule has 1 saturated heterocycles. The molecule has 3 nitrogen and oxygen atoms in total. The molecule has 0 N–H and O–H groups in total. The van der Waals surface area contributed by atoms with Crippen LogP contribution in [0.25, 0.3) is 0 Å². The van der Waals surface area contributed by atoms with Crippen LogP contribution >= 0.6 is 0 Å². The summed E-state index contributed by atoms with van der Waals surface area (Å²) in [6, 6.07) is 1.95. The van der Waals surface area contributed by atoms with Gasteiger partial charge in [0.05, 0.1) is 6.61 Å². The Bertz CT molecular complexity index is 202. The summed E-state index contributed by atoms with van der Waals surface area (Å²) in [6.07, 6.45) is 4.99. The Kier molecular flexibility index (Phi) is 1.90. The topological polar surface area (TPSA) is 27.1 Å². The zero-order valence-corrected chi connectivity index (χ0v) is 6.44. The first-order valence-corrected chi connectivity index (χ1v) is 4.00. The van der Waals surface area contributed by atoms with Crippen LogP contribution in [0.2, 0.25) is 0 Å². The predicted octanol–water partition coefficient (Wildman–Crippen LogP) is 0.920. The fourth-order valence-electron chi connectivity index (χ4n) is 1.40. The van der Waals surface area contributed by atoms with Crippen LogP contribution < -0.4 is 0 Å². The van der Waals surface area contributed by atoms with Crippen molar-refractivity contribution < 1.29 is 4.74 Å². The van der Waals surface area contributed by atoms with E-state index < -0.39 is 0 Å². The highest BCUT2D eigenvalue weighted by atomic mass is 16.5. The molecule has 1 fully saturated rings. The molecule has 0 saturated carbocycles. The van der Waals surface area contributed by atoms with Crippen molar-refractivity contribution in [3.8, 4) is 0 Å². The Morgan fingerprint density at radius 3 is 3.27 bits per heavy atom. The van der Waals surface area contributed by atoms with Gasteiger partial charge in [-0.1, -0.05) is 0 Å². The van der Waals surface area contributed by atoms with E-state index in [2.05, 4.69) is 5.10 Å². The van der Waals surface area contributed by atoms with Crippen LogP contribution in [0.3, 0.4) is 0 Å². The maximum absolute atomic E-state index is 5.26. The molecule has 2 heterocycles. The van der Waals surface area contributed by atoms with E-state index in [1.54, 1.807) is 0 Å². The van der Waals surface area contributed by atoms with Crippen LogP contribution in [0.15, 0.2) is 18.5 Å². The van der Waals surface area contributed by atoms with E-state index in [1.807, 2.05) is 23.1 Å². The summed E-state index contributed by atoms with van der Waals surface area (Å²) < 4.78 is 7.24. The van der Waals surface area contributed by atoms with Gasteiger partial charge >= 0.3 is 0 Å². The van der Waals surface area contributed by atoms with Crippen molar-refractivity contribution in [2.45, 2.75) is 13.0 Å². The van der Waals surface area contributed by atoms with E-state index in [9.17, 15) is 0 Å². The summed E-state index contributed by atoms with van der Waals surface area (Å²) in [5, 5.41) is 4.14. The summed E-state index contributed by atoms with van der Waals surface area (Å²) in [6.45, 7) is 2.83. The number of hydrogen-bond donors (Lipinski definition) is 0. The molecule has 0 bridgehead atoms. The summed E-state index contributed by atoms with van der Waals surface area (Å²) >= 11 is 0. The van der Waals surface area contributed by atoms with Crippen LogP contribution in [0.5, 0.6) is 0 Å². The minimum atomic E-state index is 0.676. The molecule has 0 unspecified atom stereocenters. The van der Waals surface area contributed by atoms with Crippen molar-refractivity contribution in [1.82, 2.24) is 9.78 Å². The molecule has 1 aromatic heterocycles. The molecular weight excluding hydrogens is 140 g/mol. The number of ether oxygens (including phenoxy) is 1. The van der Waals surface area contributed by atoms with Gasteiger partial charge in [0, 0.05) is 31.5 Å². The Labute approximate surface area is 66.0 Å². The minimum absolute atomic E-state index is 0.676. The number of nitrogens with zero attached hydrogens (tertiary/aromatic N) is 2. The highest BCUT2D eigenvalue weighted by Gasteiger charge is 2.15. The molecule has 0 radical (unpaired) electrons. The van der Waals surface area contributed by atoms with Crippen molar-refractivity contribution >= 4 is 0 Å². The van der Waals surface area contributed by atoms with Crippen molar-refractivity contribution in [3.05, 3.63) is 18.5 Å². The lowest BCUT2D eigenvalue weighted by atomic mass is 10.1. The van der Waals surface area contributed by atoms with Crippen molar-refractivity contribution in [2.24, 2.45) is 5.92 Å². The third-order valence-corrected chi connectivity index (χ3v) is 2.03. The zero-order valence-electron chi connectivity index (χ0n) is 6.44. The lowest BCUT2D eigenvalue weighted by Crippen LogP contribution is -2.10. The predicted molar refractivity (Wildman–Crippen MR) is 41.2 cm³/mol. The Morgan fingerprint density at radius 1 is 1.64 bits per heavy atom. The standard InChI is InChI=1S/C8H12N2O/c1-3-9-10(4-1)6-8-2-5-11-7-8/h1,3-4,8H,2,5-7H2/t8-/m0/s1. The van der Waals surface area contributed by atoms with Gasteiger partial charge in [0.1, 0.15) is 0 Å². The van der Waals surface area contributed by atoms with Gasteiger partial charge in [0.2, 0.25) is 0 Å². The molecular formula is C8H12N2O. The average molecular weight is 152 g/mol. The van der Waals surface area contributed by atoms with Gasteiger partial charge < -0.3 is 4.74 Å². The van der Waals surface area contributed by atoms with E-state index in [1.165, 1.54) is 6.42 Å². The van der Waals surface area contributed by atoms with Crippen LogP contribution in [-0.2, 0) is 11.3 Å². The highest BCUT2D eigenvalue weighted by Crippen LogP contribution is 2.13. The van der Waals surface area contributed by atoms with Crippen molar-refractivity contribution in [1.29, 1.82) is 0 Å². The molecule has 1 aromatic rings. The molecule has 2 rings (SSSR count). The molecule has 1 atom stereocenters. The Hall–Kier alpha value is -0.830. The largest absolute Gasteiger partial charge is 0.381 e. The normalized spacial score (nSPS) is 24.2. The third kappa shape index (κ3) is 1.60. The zero-order chi connectivity index (χ0) is 7.52. The van der Waals surface area contributed by atoms with Gasteiger partial charge in [0.15, 0.2) is 0 Å². The van der Waals surface area contributed by atoms with Crippen molar-refractivity contribution in [2.75, 3.05) is 13.2 Å². The summed E-state index contributed by atoms with van der Waals surface area (Å²) in [5.74, 6) is 0.676. The fraction of sp³-hybridized carbons (Fsp3) is 0.625. The first-order chi connectivity index (χ1) is 5.45. The minimum Gasteiger partial charge on any atom is -0.381 e. The summed E-state index contributed by atoms with van der Waals surface area (Å²) in [4.78, 5) is 0. The SMILES string of the molecule is c1cnn(C[C@@H]2CCOC2)c1. The molecule has 0 amide bonds. The van der Waals surface area contributed by atoms with Crippen LogP contribution in [0.4, 0.5) is 0 Å². The summed E-state index contributed by atoms with van der Waals surface area (Å²) in [7, 11) is 0. The van der Waals surface area contributed by atoms with Crippen LogP contribution in [0, 0.1) is 5.92 Å². The van der Waals surface area contributed by atoms with Crippen molar-refractivity contribution in [3.63, 3.8) is 0 Å². The molecule has 0 spiro atoms. The van der Waals surface area contributed by atoms with Gasteiger partial charge in [0.25, 0.3) is 0 Å². The van der Waals surface area contributed by atoms with E-state index in [0.717, 1.165) is 19.8 Å². The molecule has 0 aromatic carbocycles. The monoisotopic (exact) mass is 152 g/mol. The lowest BCUT2D eigenvalue weighted by molar-refractivity contribution is 0.181. The van der Waals surface area contributed by atoms with Crippen LogP contribution in [-0.4, -0.2) is 23.0 Å². The van der Waals surface area contributed by atoms with E-state index in [-0.39, 0.29) is 0 Å². The second kappa shape index (κ2) is 3.05. The summed E-state index contributed by atoms with van der Waals surface area (Å²) in [5.41, 5.74) is 0. The number of aromatic nitrogens is 2. The van der Waals surface area contributed by atoms with Gasteiger partial charge in [-0.15, -0.1) is 0 Å². The molecule has 11 heavy (non-hydrogen) atoms. The van der Waals surface area contributed by atoms with Gasteiger partial charge in [-0.3, -0.25) is 4.68 Å². The fourth-order valence-corrected chi connectivity index (χ4v) is 1.40. The van der Waals surface area contributed by atoms with Crippen LogP contribution in [0.1, 0.15) is 6.42 Å². The molecule has 1 aliphatic heterocycles. The molecule has 1 aliphatic rings. The first-order valence-electron chi connectivity index (χ1n) is 4.00. The molecule has 3 heteroatoms. The van der Waals surface area contributed by atoms with E-state index in [4.69, 9.17) is 4.74 Å². The van der Waals surface area contributed by atoms with E-state index in [0.29, 0.717) is 5.92 Å². The second-order valence-corrected chi connectivity index (χ2v) is 2.96. The highest BCUT2D eigenvalue weighted by molar-refractivity contribution is 4.79. The first kappa shape index (κ1) is 6.85. The molecule has 60 valence electrons. The quantitative estimate of drug-likeness (QED) is 0.630.